The van der Waals surface area contributed by atoms with E-state index in [4.69, 9.17) is 4.98 Å². The average molecular weight is 367 g/mol. The third-order valence-electron chi connectivity index (χ3n) is 4.51. The second-order valence-electron chi connectivity index (χ2n) is 6.42. The quantitative estimate of drug-likeness (QED) is 0.481. The van der Waals surface area contributed by atoms with Crippen LogP contribution >= 0.6 is 0 Å². The molecule has 0 radical (unpaired) electrons. The molecular weight excluding hydrogens is 346 g/mol. The molecule has 5 nitrogen and oxygen atoms in total. The van der Waals surface area contributed by atoms with Crippen LogP contribution in [0.2, 0.25) is 0 Å². The van der Waals surface area contributed by atoms with Crippen LogP contribution in [-0.2, 0) is 6.54 Å². The molecule has 3 aromatic carbocycles. The van der Waals surface area contributed by atoms with Crippen LogP contribution in [0.1, 0.15) is 5.56 Å². The van der Waals surface area contributed by atoms with Crippen molar-refractivity contribution in [3.63, 3.8) is 0 Å². The van der Waals surface area contributed by atoms with Crippen molar-refractivity contribution in [3.05, 3.63) is 103 Å². The highest BCUT2D eigenvalue weighted by molar-refractivity contribution is 5.62. The summed E-state index contributed by atoms with van der Waals surface area (Å²) in [6, 6.07) is 30.5. The zero-order valence-corrected chi connectivity index (χ0v) is 15.7. The number of hydrogen-bond donors (Lipinski definition) is 0. The van der Waals surface area contributed by atoms with E-state index in [2.05, 4.69) is 39.4 Å². The van der Waals surface area contributed by atoms with E-state index in [9.17, 15) is 0 Å². The summed E-state index contributed by atoms with van der Waals surface area (Å²) in [5.41, 5.74) is 3.24. The molecule has 0 amide bonds. The second-order valence-corrected chi connectivity index (χ2v) is 6.42. The highest BCUT2D eigenvalue weighted by Crippen LogP contribution is 2.27. The number of rotatable bonds is 6. The third kappa shape index (κ3) is 3.99. The highest BCUT2D eigenvalue weighted by atomic mass is 15.3. The summed E-state index contributed by atoms with van der Waals surface area (Å²) in [5.74, 6) is 1.31. The van der Waals surface area contributed by atoms with Gasteiger partial charge >= 0.3 is 0 Å². The molecule has 5 heteroatoms. The molecule has 0 aliphatic rings. The minimum atomic E-state index is 0.565. The summed E-state index contributed by atoms with van der Waals surface area (Å²) in [7, 11) is 1.98. The fourth-order valence-corrected chi connectivity index (χ4v) is 3.00. The van der Waals surface area contributed by atoms with E-state index in [1.807, 2.05) is 78.7 Å². The predicted octanol–water partition coefficient (Wildman–Crippen LogP) is 4.98. The van der Waals surface area contributed by atoms with Crippen LogP contribution in [0.3, 0.4) is 0 Å². The molecule has 4 rings (SSSR count). The minimum Gasteiger partial charge on any atom is -0.328 e. The van der Waals surface area contributed by atoms with Crippen molar-refractivity contribution in [3.8, 4) is 0 Å². The summed E-state index contributed by atoms with van der Waals surface area (Å²) in [6.45, 7) is 0.658. The summed E-state index contributed by atoms with van der Waals surface area (Å²) in [5, 5.41) is 8.55. The van der Waals surface area contributed by atoms with Crippen molar-refractivity contribution < 1.29 is 0 Å². The Balaban J connectivity index is 1.70. The topological polar surface area (TPSA) is 45.2 Å². The smallest absolute Gasteiger partial charge is 0.252 e. The zero-order chi connectivity index (χ0) is 19.2. The zero-order valence-electron chi connectivity index (χ0n) is 15.7. The summed E-state index contributed by atoms with van der Waals surface area (Å²) >= 11 is 0. The molecule has 0 bridgehead atoms. The Hall–Kier alpha value is -3.73. The lowest BCUT2D eigenvalue weighted by Crippen LogP contribution is -2.21. The molecule has 0 aliphatic heterocycles. The van der Waals surface area contributed by atoms with E-state index in [0.29, 0.717) is 12.5 Å². The van der Waals surface area contributed by atoms with Crippen molar-refractivity contribution >= 4 is 23.1 Å². The van der Waals surface area contributed by atoms with E-state index in [1.165, 1.54) is 5.56 Å². The van der Waals surface area contributed by atoms with Gasteiger partial charge in [0.05, 0.1) is 12.7 Å². The number of nitrogens with zero attached hydrogens (tertiary/aromatic N) is 5. The molecule has 0 aliphatic carbocycles. The molecule has 0 saturated carbocycles. The summed E-state index contributed by atoms with van der Waals surface area (Å²) in [6.07, 6.45) is 1.68. The molecule has 0 saturated heterocycles. The Morgan fingerprint density at radius 2 is 1.29 bits per heavy atom. The third-order valence-corrected chi connectivity index (χ3v) is 4.51. The maximum absolute atomic E-state index is 4.80. The molecule has 4 aromatic rings. The number of hydrogen-bond acceptors (Lipinski definition) is 5. The first-order valence-corrected chi connectivity index (χ1v) is 9.16. The average Bonchev–Trinajstić information content (AvgIpc) is 2.79. The Morgan fingerprint density at radius 3 is 1.93 bits per heavy atom. The van der Waals surface area contributed by atoms with E-state index in [-0.39, 0.29) is 0 Å². The Kier molecular flexibility index (Phi) is 5.24. The van der Waals surface area contributed by atoms with Gasteiger partial charge in [0, 0.05) is 18.4 Å². The van der Waals surface area contributed by atoms with E-state index in [0.717, 1.165) is 17.2 Å². The van der Waals surface area contributed by atoms with Crippen LogP contribution in [0.25, 0.3) is 0 Å². The summed E-state index contributed by atoms with van der Waals surface area (Å²) < 4.78 is 0. The van der Waals surface area contributed by atoms with Gasteiger partial charge in [0.25, 0.3) is 5.95 Å². The lowest BCUT2D eigenvalue weighted by Gasteiger charge is -2.24. The molecule has 0 unspecified atom stereocenters. The minimum absolute atomic E-state index is 0.565. The number of para-hydroxylation sites is 2. The molecule has 28 heavy (non-hydrogen) atoms. The monoisotopic (exact) mass is 367 g/mol. The van der Waals surface area contributed by atoms with E-state index >= 15 is 0 Å². The van der Waals surface area contributed by atoms with E-state index < -0.39 is 0 Å². The molecule has 138 valence electrons. The van der Waals surface area contributed by atoms with Crippen LogP contribution in [0, 0.1) is 0 Å². The molecular formula is C23H21N5. The summed E-state index contributed by atoms with van der Waals surface area (Å²) in [4.78, 5) is 8.88. The molecule has 0 spiro atoms. The van der Waals surface area contributed by atoms with Gasteiger partial charge in [-0.15, -0.1) is 5.10 Å². The van der Waals surface area contributed by atoms with Crippen LogP contribution in [-0.4, -0.2) is 22.2 Å². The van der Waals surface area contributed by atoms with Crippen LogP contribution in [0.5, 0.6) is 0 Å². The van der Waals surface area contributed by atoms with Crippen molar-refractivity contribution in [1.29, 1.82) is 0 Å². The fourth-order valence-electron chi connectivity index (χ4n) is 3.00. The number of benzene rings is 3. The Bertz CT molecular complexity index is 1010. The van der Waals surface area contributed by atoms with Crippen LogP contribution < -0.4 is 9.80 Å². The predicted molar refractivity (Wildman–Crippen MR) is 113 cm³/mol. The van der Waals surface area contributed by atoms with E-state index in [1.54, 1.807) is 6.20 Å². The molecule has 0 atom stereocenters. The number of anilines is 4. The van der Waals surface area contributed by atoms with Crippen LogP contribution in [0.15, 0.2) is 97.2 Å². The first-order chi connectivity index (χ1) is 13.8. The lowest BCUT2D eigenvalue weighted by molar-refractivity contribution is 0.856. The maximum atomic E-state index is 4.80. The SMILES string of the molecule is CN(c1ccccc1)c1cnnc(N(Cc2ccccc2)c2ccccc2)n1. The molecule has 0 N–H and O–H groups in total. The van der Waals surface area contributed by atoms with Gasteiger partial charge in [0.2, 0.25) is 0 Å². The Morgan fingerprint density at radius 1 is 0.714 bits per heavy atom. The molecule has 0 fully saturated rings. The maximum Gasteiger partial charge on any atom is 0.252 e. The second kappa shape index (κ2) is 8.31. The van der Waals surface area contributed by atoms with Crippen molar-refractivity contribution in [2.45, 2.75) is 6.54 Å². The Labute approximate surface area is 164 Å². The lowest BCUT2D eigenvalue weighted by atomic mass is 10.2. The van der Waals surface area contributed by atoms with Crippen molar-refractivity contribution in [2.24, 2.45) is 0 Å². The molecule has 1 aromatic heterocycles. The molecule has 1 heterocycles. The largest absolute Gasteiger partial charge is 0.328 e. The van der Waals surface area contributed by atoms with Crippen LogP contribution in [0.4, 0.5) is 23.1 Å². The standard InChI is InChI=1S/C23H21N5/c1-27(20-13-7-3-8-14-20)22-17-24-26-23(25-22)28(21-15-9-4-10-16-21)18-19-11-5-2-6-12-19/h2-17H,18H2,1H3. The van der Waals surface area contributed by atoms with Gasteiger partial charge in [0.15, 0.2) is 5.82 Å². The fraction of sp³-hybridized carbons (Fsp3) is 0.0870. The van der Waals surface area contributed by atoms with Crippen molar-refractivity contribution in [1.82, 2.24) is 15.2 Å². The van der Waals surface area contributed by atoms with Gasteiger partial charge in [-0.05, 0) is 29.8 Å². The van der Waals surface area contributed by atoms with Gasteiger partial charge in [-0.25, -0.2) is 0 Å². The van der Waals surface area contributed by atoms with Gasteiger partial charge in [-0.2, -0.15) is 10.1 Å². The van der Waals surface area contributed by atoms with Crippen molar-refractivity contribution in [2.75, 3.05) is 16.8 Å². The van der Waals surface area contributed by atoms with Gasteiger partial charge in [-0.1, -0.05) is 66.7 Å². The van der Waals surface area contributed by atoms with Gasteiger partial charge < -0.3 is 9.80 Å². The highest BCUT2D eigenvalue weighted by Gasteiger charge is 2.16. The van der Waals surface area contributed by atoms with Gasteiger partial charge in [-0.3, -0.25) is 0 Å². The normalized spacial score (nSPS) is 10.5. The number of aromatic nitrogens is 3. The van der Waals surface area contributed by atoms with Gasteiger partial charge in [0.1, 0.15) is 0 Å². The first kappa shape index (κ1) is 17.7. The first-order valence-electron chi connectivity index (χ1n) is 9.16.